The largest absolute Gasteiger partial charge is 0.316 e. The second-order valence-electron chi connectivity index (χ2n) is 5.01. The summed E-state index contributed by atoms with van der Waals surface area (Å²) in [6, 6.07) is 4.02. The van der Waals surface area contributed by atoms with E-state index >= 15 is 0 Å². The Hall–Kier alpha value is -0.840. The number of nitrogens with zero attached hydrogens (tertiary/aromatic N) is 2. The Bertz CT molecular complexity index is 559. The van der Waals surface area contributed by atoms with Crippen LogP contribution in [-0.2, 0) is 13.0 Å². The van der Waals surface area contributed by atoms with Crippen LogP contribution in [0.1, 0.15) is 35.2 Å². The standard InChI is InChI=1S/C15H22ClN3S/c1-4-8-17-9-7-14-11(2)18-19(12(14)3)10-13-5-6-15(16)20-13/h5-6,17H,4,7-10H2,1-3H3. The van der Waals surface area contributed by atoms with Crippen LogP contribution in [0.3, 0.4) is 0 Å². The molecule has 2 aromatic rings. The fourth-order valence-corrected chi connectivity index (χ4v) is 3.42. The zero-order valence-corrected chi connectivity index (χ0v) is 13.9. The van der Waals surface area contributed by atoms with Crippen molar-refractivity contribution in [1.29, 1.82) is 0 Å². The molecule has 1 N–H and O–H groups in total. The first-order valence-electron chi connectivity index (χ1n) is 7.09. The van der Waals surface area contributed by atoms with Gasteiger partial charge in [0.25, 0.3) is 0 Å². The molecule has 0 saturated carbocycles. The summed E-state index contributed by atoms with van der Waals surface area (Å²) in [6.07, 6.45) is 2.22. The number of thiophene rings is 1. The highest BCUT2D eigenvalue weighted by Gasteiger charge is 2.12. The first-order valence-corrected chi connectivity index (χ1v) is 8.29. The molecule has 3 nitrogen and oxygen atoms in total. The van der Waals surface area contributed by atoms with Gasteiger partial charge in [0.05, 0.1) is 16.6 Å². The summed E-state index contributed by atoms with van der Waals surface area (Å²) < 4.78 is 2.93. The molecule has 0 aliphatic heterocycles. The SMILES string of the molecule is CCCNCCc1c(C)nn(Cc2ccc(Cl)s2)c1C. The molecule has 20 heavy (non-hydrogen) atoms. The molecule has 0 radical (unpaired) electrons. The molecule has 0 saturated heterocycles. The van der Waals surface area contributed by atoms with E-state index in [1.165, 1.54) is 22.6 Å². The number of halogens is 1. The van der Waals surface area contributed by atoms with Crippen LogP contribution >= 0.6 is 22.9 Å². The average molecular weight is 312 g/mol. The van der Waals surface area contributed by atoms with Gasteiger partial charge in [0.2, 0.25) is 0 Å². The number of hydrogen-bond acceptors (Lipinski definition) is 3. The molecule has 0 aromatic carbocycles. The summed E-state index contributed by atoms with van der Waals surface area (Å²) in [6.45, 7) is 9.36. The van der Waals surface area contributed by atoms with E-state index in [2.05, 4.69) is 41.9 Å². The molecule has 0 aliphatic carbocycles. The maximum absolute atomic E-state index is 5.98. The fourth-order valence-electron chi connectivity index (χ4n) is 2.35. The summed E-state index contributed by atoms with van der Waals surface area (Å²) in [5.41, 5.74) is 3.78. The van der Waals surface area contributed by atoms with Crippen molar-refractivity contribution < 1.29 is 0 Å². The molecule has 110 valence electrons. The summed E-state index contributed by atoms with van der Waals surface area (Å²) in [5, 5.41) is 8.11. The quantitative estimate of drug-likeness (QED) is 0.788. The molecular weight excluding hydrogens is 290 g/mol. The van der Waals surface area contributed by atoms with Crippen molar-refractivity contribution in [3.8, 4) is 0 Å². The van der Waals surface area contributed by atoms with Gasteiger partial charge >= 0.3 is 0 Å². The van der Waals surface area contributed by atoms with Crippen molar-refractivity contribution in [2.24, 2.45) is 0 Å². The minimum absolute atomic E-state index is 0.812. The van der Waals surface area contributed by atoms with E-state index in [1.807, 2.05) is 6.07 Å². The minimum Gasteiger partial charge on any atom is -0.316 e. The van der Waals surface area contributed by atoms with Gasteiger partial charge in [0, 0.05) is 10.6 Å². The van der Waals surface area contributed by atoms with Crippen LogP contribution in [0.15, 0.2) is 12.1 Å². The van der Waals surface area contributed by atoms with Crippen LogP contribution < -0.4 is 5.32 Å². The molecule has 0 spiro atoms. The molecule has 2 heterocycles. The summed E-state index contributed by atoms with van der Waals surface area (Å²) in [5.74, 6) is 0. The van der Waals surface area contributed by atoms with E-state index < -0.39 is 0 Å². The predicted molar refractivity (Wildman–Crippen MR) is 87.0 cm³/mol. The highest BCUT2D eigenvalue weighted by atomic mass is 35.5. The van der Waals surface area contributed by atoms with Crippen LogP contribution in [-0.4, -0.2) is 22.9 Å². The Kier molecular flexibility index (Phi) is 5.64. The number of aromatic nitrogens is 2. The molecule has 0 fully saturated rings. The fraction of sp³-hybridized carbons (Fsp3) is 0.533. The van der Waals surface area contributed by atoms with Gasteiger partial charge in [0.1, 0.15) is 0 Å². The van der Waals surface area contributed by atoms with Gasteiger partial charge in [-0.2, -0.15) is 5.10 Å². The smallest absolute Gasteiger partial charge is 0.0931 e. The highest BCUT2D eigenvalue weighted by molar-refractivity contribution is 7.16. The lowest BCUT2D eigenvalue weighted by atomic mass is 10.1. The van der Waals surface area contributed by atoms with Gasteiger partial charge in [-0.15, -0.1) is 11.3 Å². The molecule has 0 aliphatic rings. The molecule has 5 heteroatoms. The maximum Gasteiger partial charge on any atom is 0.0931 e. The maximum atomic E-state index is 5.98. The zero-order valence-electron chi connectivity index (χ0n) is 12.4. The molecule has 0 amide bonds. The number of nitrogens with one attached hydrogen (secondary N) is 1. The molecule has 0 bridgehead atoms. The third-order valence-corrected chi connectivity index (χ3v) is 4.66. The van der Waals surface area contributed by atoms with Crippen molar-refractivity contribution in [2.45, 2.75) is 40.2 Å². The number of rotatable bonds is 7. The lowest BCUT2D eigenvalue weighted by Gasteiger charge is -2.05. The summed E-state index contributed by atoms with van der Waals surface area (Å²) in [7, 11) is 0. The molecular formula is C15H22ClN3S. The van der Waals surface area contributed by atoms with E-state index in [1.54, 1.807) is 11.3 Å². The van der Waals surface area contributed by atoms with Crippen LogP contribution in [0.5, 0.6) is 0 Å². The third kappa shape index (κ3) is 3.84. The Morgan fingerprint density at radius 2 is 2.10 bits per heavy atom. The van der Waals surface area contributed by atoms with Crippen molar-refractivity contribution >= 4 is 22.9 Å². The number of hydrogen-bond donors (Lipinski definition) is 1. The lowest BCUT2D eigenvalue weighted by molar-refractivity contribution is 0.657. The minimum atomic E-state index is 0.812. The van der Waals surface area contributed by atoms with Crippen molar-refractivity contribution in [1.82, 2.24) is 15.1 Å². The van der Waals surface area contributed by atoms with Crippen molar-refractivity contribution in [3.63, 3.8) is 0 Å². The predicted octanol–water partition coefficient (Wildman–Crippen LogP) is 3.81. The monoisotopic (exact) mass is 311 g/mol. The van der Waals surface area contributed by atoms with E-state index in [0.717, 1.165) is 36.1 Å². The zero-order chi connectivity index (χ0) is 14.5. The average Bonchev–Trinajstić information content (AvgIpc) is 2.93. The van der Waals surface area contributed by atoms with Crippen LogP contribution in [0.25, 0.3) is 0 Å². The number of aryl methyl sites for hydroxylation is 1. The Labute approximate surface area is 130 Å². The van der Waals surface area contributed by atoms with Crippen LogP contribution in [0.2, 0.25) is 4.34 Å². The second-order valence-corrected chi connectivity index (χ2v) is 6.81. The normalized spacial score (nSPS) is 11.2. The summed E-state index contributed by atoms with van der Waals surface area (Å²) >= 11 is 7.60. The first kappa shape index (κ1) is 15.5. The van der Waals surface area contributed by atoms with E-state index in [9.17, 15) is 0 Å². The first-order chi connectivity index (χ1) is 9.61. The molecule has 2 rings (SSSR count). The van der Waals surface area contributed by atoms with Crippen LogP contribution in [0, 0.1) is 13.8 Å². The van der Waals surface area contributed by atoms with Gasteiger partial charge in [0.15, 0.2) is 0 Å². The second kappa shape index (κ2) is 7.25. The van der Waals surface area contributed by atoms with Gasteiger partial charge in [-0.25, -0.2) is 0 Å². The Balaban J connectivity index is 2.04. The molecule has 0 atom stereocenters. The van der Waals surface area contributed by atoms with Gasteiger partial charge in [-0.3, -0.25) is 4.68 Å². The topological polar surface area (TPSA) is 29.9 Å². The van der Waals surface area contributed by atoms with Gasteiger partial charge in [-0.05, 0) is 57.5 Å². The van der Waals surface area contributed by atoms with E-state index in [0.29, 0.717) is 0 Å². The Morgan fingerprint density at radius 3 is 2.75 bits per heavy atom. The van der Waals surface area contributed by atoms with Crippen molar-refractivity contribution in [3.05, 3.63) is 38.3 Å². The van der Waals surface area contributed by atoms with Gasteiger partial charge < -0.3 is 5.32 Å². The van der Waals surface area contributed by atoms with E-state index in [4.69, 9.17) is 11.6 Å². The van der Waals surface area contributed by atoms with Crippen molar-refractivity contribution in [2.75, 3.05) is 13.1 Å². The Morgan fingerprint density at radius 1 is 1.30 bits per heavy atom. The van der Waals surface area contributed by atoms with Crippen LogP contribution in [0.4, 0.5) is 0 Å². The third-order valence-electron chi connectivity index (χ3n) is 3.44. The van der Waals surface area contributed by atoms with Gasteiger partial charge in [-0.1, -0.05) is 18.5 Å². The van der Waals surface area contributed by atoms with E-state index in [-0.39, 0.29) is 0 Å². The molecule has 0 unspecified atom stereocenters. The highest BCUT2D eigenvalue weighted by Crippen LogP contribution is 2.23. The lowest BCUT2D eigenvalue weighted by Crippen LogP contribution is -2.18. The molecule has 2 aromatic heterocycles. The summed E-state index contributed by atoms with van der Waals surface area (Å²) in [4.78, 5) is 1.25.